The molecule has 0 saturated heterocycles. The molecule has 2 rings (SSSR count). The number of halogens is 1. The van der Waals surface area contributed by atoms with Crippen LogP contribution in [0.1, 0.15) is 29.1 Å². The summed E-state index contributed by atoms with van der Waals surface area (Å²) in [6, 6.07) is 7.22. The van der Waals surface area contributed by atoms with Crippen molar-refractivity contribution in [2.75, 3.05) is 5.32 Å². The zero-order valence-electron chi connectivity index (χ0n) is 11.1. The van der Waals surface area contributed by atoms with Gasteiger partial charge in [-0.05, 0) is 37.3 Å². The standard InChI is InChI=1S/C14H13BrN2O4/c1-8(12-3-2-6-21-12)16-14(20)17-11-5-4-9(15)7-10(11)13(18)19/h2-8H,1H3,(H,18,19)(H2,16,17,20). The molecule has 0 fully saturated rings. The number of carboxylic acids is 1. The van der Waals surface area contributed by atoms with Gasteiger partial charge in [-0.15, -0.1) is 0 Å². The molecule has 0 aliphatic rings. The van der Waals surface area contributed by atoms with Gasteiger partial charge < -0.3 is 20.2 Å². The maximum absolute atomic E-state index is 11.9. The second kappa shape index (κ2) is 6.45. The molecule has 1 aromatic carbocycles. The highest BCUT2D eigenvalue weighted by Gasteiger charge is 2.15. The van der Waals surface area contributed by atoms with Crippen molar-refractivity contribution < 1.29 is 19.1 Å². The van der Waals surface area contributed by atoms with Gasteiger partial charge in [-0.1, -0.05) is 15.9 Å². The Labute approximate surface area is 129 Å². The molecule has 1 atom stereocenters. The van der Waals surface area contributed by atoms with Crippen LogP contribution in [0.2, 0.25) is 0 Å². The van der Waals surface area contributed by atoms with Crippen LogP contribution >= 0.6 is 15.9 Å². The molecule has 0 radical (unpaired) electrons. The van der Waals surface area contributed by atoms with Crippen LogP contribution in [0.15, 0.2) is 45.5 Å². The smallest absolute Gasteiger partial charge is 0.337 e. The summed E-state index contributed by atoms with van der Waals surface area (Å²) in [6.45, 7) is 1.76. The lowest BCUT2D eigenvalue weighted by molar-refractivity contribution is 0.0698. The van der Waals surface area contributed by atoms with Gasteiger partial charge in [0.1, 0.15) is 5.76 Å². The van der Waals surface area contributed by atoms with E-state index in [1.54, 1.807) is 25.1 Å². The van der Waals surface area contributed by atoms with Crippen LogP contribution in [0, 0.1) is 0 Å². The second-order valence-electron chi connectivity index (χ2n) is 4.33. The highest BCUT2D eigenvalue weighted by molar-refractivity contribution is 9.10. The summed E-state index contributed by atoms with van der Waals surface area (Å²) >= 11 is 3.19. The molecule has 3 N–H and O–H groups in total. The summed E-state index contributed by atoms with van der Waals surface area (Å²) in [5, 5.41) is 14.3. The minimum Gasteiger partial charge on any atom is -0.478 e. The first-order valence-corrected chi connectivity index (χ1v) is 6.90. The molecule has 1 heterocycles. The fourth-order valence-electron chi connectivity index (χ4n) is 1.77. The molecular weight excluding hydrogens is 340 g/mol. The van der Waals surface area contributed by atoms with Crippen LogP contribution in [-0.2, 0) is 0 Å². The van der Waals surface area contributed by atoms with Crippen LogP contribution in [0.3, 0.4) is 0 Å². The first-order valence-electron chi connectivity index (χ1n) is 6.11. The lowest BCUT2D eigenvalue weighted by Crippen LogP contribution is -2.31. The minimum absolute atomic E-state index is 0.00479. The fourth-order valence-corrected chi connectivity index (χ4v) is 2.13. The molecule has 1 unspecified atom stereocenters. The zero-order valence-corrected chi connectivity index (χ0v) is 12.7. The van der Waals surface area contributed by atoms with E-state index in [1.807, 2.05) is 0 Å². The Kier molecular flexibility index (Phi) is 4.64. The topological polar surface area (TPSA) is 91.6 Å². The molecule has 7 heteroatoms. The molecule has 21 heavy (non-hydrogen) atoms. The van der Waals surface area contributed by atoms with E-state index in [1.165, 1.54) is 18.4 Å². The van der Waals surface area contributed by atoms with E-state index in [-0.39, 0.29) is 17.3 Å². The molecule has 0 bridgehead atoms. The van der Waals surface area contributed by atoms with E-state index in [9.17, 15) is 9.59 Å². The van der Waals surface area contributed by atoms with Gasteiger partial charge in [0.25, 0.3) is 0 Å². The number of amides is 2. The number of benzene rings is 1. The number of aromatic carboxylic acids is 1. The van der Waals surface area contributed by atoms with Gasteiger partial charge in [-0.2, -0.15) is 0 Å². The Balaban J connectivity index is 2.08. The number of nitrogens with one attached hydrogen (secondary N) is 2. The third-order valence-electron chi connectivity index (χ3n) is 2.78. The van der Waals surface area contributed by atoms with Crippen LogP contribution in [0.25, 0.3) is 0 Å². The number of anilines is 1. The number of rotatable bonds is 4. The van der Waals surface area contributed by atoms with Crippen molar-refractivity contribution in [3.05, 3.63) is 52.4 Å². The molecular formula is C14H13BrN2O4. The predicted molar refractivity (Wildman–Crippen MR) is 80.4 cm³/mol. The average molecular weight is 353 g/mol. The maximum atomic E-state index is 11.9. The summed E-state index contributed by atoms with van der Waals surface area (Å²) in [5.74, 6) is -0.509. The third kappa shape index (κ3) is 3.85. The van der Waals surface area contributed by atoms with Gasteiger partial charge in [-0.3, -0.25) is 0 Å². The molecule has 1 aromatic heterocycles. The Hall–Kier alpha value is -2.28. The third-order valence-corrected chi connectivity index (χ3v) is 3.27. The lowest BCUT2D eigenvalue weighted by atomic mass is 10.2. The zero-order chi connectivity index (χ0) is 15.4. The normalized spacial score (nSPS) is 11.7. The molecule has 110 valence electrons. The number of carbonyl (C=O) groups is 2. The number of carboxylic acid groups (broad SMARTS) is 1. The SMILES string of the molecule is CC(NC(=O)Nc1ccc(Br)cc1C(=O)O)c1ccco1. The number of furan rings is 1. The minimum atomic E-state index is -1.12. The first-order chi connectivity index (χ1) is 9.97. The quantitative estimate of drug-likeness (QED) is 0.783. The highest BCUT2D eigenvalue weighted by atomic mass is 79.9. The fraction of sp³-hybridized carbons (Fsp3) is 0.143. The second-order valence-corrected chi connectivity index (χ2v) is 5.25. The lowest BCUT2D eigenvalue weighted by Gasteiger charge is -2.14. The van der Waals surface area contributed by atoms with Crippen molar-refractivity contribution in [2.24, 2.45) is 0 Å². The summed E-state index contributed by atoms with van der Waals surface area (Å²) in [4.78, 5) is 23.1. The molecule has 0 aliphatic heterocycles. The van der Waals surface area contributed by atoms with E-state index >= 15 is 0 Å². The highest BCUT2D eigenvalue weighted by Crippen LogP contribution is 2.21. The Bertz CT molecular complexity index is 655. The summed E-state index contributed by atoms with van der Waals surface area (Å²) in [7, 11) is 0. The number of hydrogen-bond donors (Lipinski definition) is 3. The average Bonchev–Trinajstić information content (AvgIpc) is 2.94. The Morgan fingerprint density at radius 3 is 2.71 bits per heavy atom. The van der Waals surface area contributed by atoms with E-state index in [0.717, 1.165) is 0 Å². The predicted octanol–water partition coefficient (Wildman–Crippen LogP) is 3.62. The van der Waals surface area contributed by atoms with Crippen LogP contribution in [0.5, 0.6) is 0 Å². The van der Waals surface area contributed by atoms with Crippen LogP contribution < -0.4 is 10.6 Å². The van der Waals surface area contributed by atoms with Crippen molar-refractivity contribution in [3.8, 4) is 0 Å². The van der Waals surface area contributed by atoms with Crippen molar-refractivity contribution in [1.29, 1.82) is 0 Å². The van der Waals surface area contributed by atoms with Gasteiger partial charge in [-0.25, -0.2) is 9.59 Å². The summed E-state index contributed by atoms with van der Waals surface area (Å²) in [5.41, 5.74) is 0.222. The van der Waals surface area contributed by atoms with Crippen molar-refractivity contribution in [3.63, 3.8) is 0 Å². The maximum Gasteiger partial charge on any atom is 0.337 e. The first kappa shape index (κ1) is 15.1. The monoisotopic (exact) mass is 352 g/mol. The molecule has 0 spiro atoms. The summed E-state index contributed by atoms with van der Waals surface area (Å²) in [6.07, 6.45) is 1.52. The van der Waals surface area contributed by atoms with Crippen molar-refractivity contribution in [1.82, 2.24) is 5.32 Å². The number of carbonyl (C=O) groups excluding carboxylic acids is 1. The van der Waals surface area contributed by atoms with E-state index < -0.39 is 12.0 Å². The molecule has 2 aromatic rings. The Morgan fingerprint density at radius 2 is 2.10 bits per heavy atom. The van der Waals surface area contributed by atoms with Crippen molar-refractivity contribution in [2.45, 2.75) is 13.0 Å². The number of urea groups is 1. The van der Waals surface area contributed by atoms with Crippen molar-refractivity contribution >= 4 is 33.6 Å². The largest absolute Gasteiger partial charge is 0.478 e. The van der Waals surface area contributed by atoms with Gasteiger partial charge in [0.15, 0.2) is 0 Å². The van der Waals surface area contributed by atoms with Gasteiger partial charge in [0.2, 0.25) is 0 Å². The van der Waals surface area contributed by atoms with Crippen LogP contribution in [-0.4, -0.2) is 17.1 Å². The number of hydrogen-bond acceptors (Lipinski definition) is 3. The Morgan fingerprint density at radius 1 is 1.33 bits per heavy atom. The van der Waals surface area contributed by atoms with Gasteiger partial charge in [0, 0.05) is 4.47 Å². The van der Waals surface area contributed by atoms with Gasteiger partial charge >= 0.3 is 12.0 Å². The van der Waals surface area contributed by atoms with Gasteiger partial charge in [0.05, 0.1) is 23.6 Å². The molecule has 0 aliphatic carbocycles. The molecule has 2 amide bonds. The molecule has 6 nitrogen and oxygen atoms in total. The van der Waals surface area contributed by atoms with Crippen LogP contribution in [0.4, 0.5) is 10.5 Å². The molecule has 0 saturated carbocycles. The van der Waals surface area contributed by atoms with E-state index in [2.05, 4.69) is 26.6 Å². The van der Waals surface area contributed by atoms with E-state index in [4.69, 9.17) is 9.52 Å². The summed E-state index contributed by atoms with van der Waals surface area (Å²) < 4.78 is 5.80. The van der Waals surface area contributed by atoms with E-state index in [0.29, 0.717) is 10.2 Å².